The van der Waals surface area contributed by atoms with Crippen LogP contribution in [0.3, 0.4) is 0 Å². The lowest BCUT2D eigenvalue weighted by Crippen LogP contribution is -2.45. The molecule has 0 aromatic rings. The van der Waals surface area contributed by atoms with Crippen LogP contribution in [-0.2, 0) is 9.47 Å². The summed E-state index contributed by atoms with van der Waals surface area (Å²) in [7, 11) is 0. The first-order chi connectivity index (χ1) is 8.77. The molecule has 2 fully saturated rings. The van der Waals surface area contributed by atoms with Gasteiger partial charge in [0.1, 0.15) is 5.82 Å². The van der Waals surface area contributed by atoms with E-state index in [2.05, 4.69) is 35.8 Å². The second-order valence-electron chi connectivity index (χ2n) is 4.97. The molecule has 0 saturated carbocycles. The number of nitrogens with zero attached hydrogens (tertiary/aromatic N) is 2. The third-order valence-electron chi connectivity index (χ3n) is 3.24. The quantitative estimate of drug-likeness (QED) is 0.710. The number of hydrogen-bond acceptors (Lipinski definition) is 4. The van der Waals surface area contributed by atoms with Gasteiger partial charge in [0.2, 0.25) is 0 Å². The summed E-state index contributed by atoms with van der Waals surface area (Å²) in [5.74, 6) is 1.32. The lowest BCUT2D eigenvalue weighted by molar-refractivity contribution is 0.00868. The molecule has 0 atom stereocenters. The number of rotatable bonds is 3. The highest BCUT2D eigenvalue weighted by Crippen LogP contribution is 2.15. The summed E-state index contributed by atoms with van der Waals surface area (Å²) in [4.78, 5) is 4.85. The summed E-state index contributed by atoms with van der Waals surface area (Å²) in [6, 6.07) is 0. The van der Waals surface area contributed by atoms with E-state index < -0.39 is 0 Å². The monoisotopic (exact) mass is 252 g/mol. The van der Waals surface area contributed by atoms with Gasteiger partial charge in [-0.1, -0.05) is 11.6 Å². The Bertz CT molecular complexity index is 290. The maximum absolute atomic E-state index is 5.44. The topological polar surface area (TPSA) is 24.9 Å². The Morgan fingerprint density at radius 2 is 1.22 bits per heavy atom. The summed E-state index contributed by atoms with van der Waals surface area (Å²) in [6.07, 6.45) is 4.44. The van der Waals surface area contributed by atoms with Crippen LogP contribution < -0.4 is 0 Å². The van der Waals surface area contributed by atoms with Gasteiger partial charge in [-0.05, 0) is 19.9 Å². The molecule has 0 amide bonds. The van der Waals surface area contributed by atoms with Gasteiger partial charge in [0, 0.05) is 26.2 Å². The Balaban J connectivity index is 2.10. The highest BCUT2D eigenvalue weighted by atomic mass is 16.5. The standard InChI is InChI=1S/C14H24N2O2/c1-13(2)3-4-14(15-5-9-17-10-6-15)16-7-11-18-12-8-16/h3-4H,5-12H2,1-2H3. The molecule has 0 bridgehead atoms. The van der Waals surface area contributed by atoms with E-state index in [0.717, 1.165) is 52.6 Å². The fourth-order valence-corrected chi connectivity index (χ4v) is 2.24. The number of allylic oxidation sites excluding steroid dienone is 3. The second kappa shape index (κ2) is 6.81. The summed E-state index contributed by atoms with van der Waals surface area (Å²) < 4.78 is 10.9. The molecule has 2 heterocycles. The van der Waals surface area contributed by atoms with Gasteiger partial charge in [0.05, 0.1) is 26.4 Å². The van der Waals surface area contributed by atoms with Crippen LogP contribution in [0, 0.1) is 0 Å². The van der Waals surface area contributed by atoms with Gasteiger partial charge < -0.3 is 19.3 Å². The SMILES string of the molecule is CC(C)=CC=C(N1CCOCC1)N1CCOCC1. The van der Waals surface area contributed by atoms with E-state index in [1.807, 2.05) is 0 Å². The van der Waals surface area contributed by atoms with Crippen LogP contribution in [-0.4, -0.2) is 62.4 Å². The minimum absolute atomic E-state index is 0.830. The van der Waals surface area contributed by atoms with Gasteiger partial charge in [0.25, 0.3) is 0 Å². The zero-order chi connectivity index (χ0) is 12.8. The number of hydrogen-bond donors (Lipinski definition) is 0. The molecule has 2 rings (SSSR count). The van der Waals surface area contributed by atoms with Crippen LogP contribution in [0.15, 0.2) is 23.5 Å². The highest BCUT2D eigenvalue weighted by molar-refractivity contribution is 5.15. The van der Waals surface area contributed by atoms with Crippen molar-refractivity contribution in [3.05, 3.63) is 23.5 Å². The molecule has 18 heavy (non-hydrogen) atoms. The van der Waals surface area contributed by atoms with E-state index in [1.165, 1.54) is 11.4 Å². The molecule has 0 aromatic heterocycles. The minimum atomic E-state index is 0.830. The summed E-state index contributed by atoms with van der Waals surface area (Å²) in [6.45, 7) is 11.5. The molecule has 4 heteroatoms. The van der Waals surface area contributed by atoms with Crippen molar-refractivity contribution in [1.29, 1.82) is 0 Å². The predicted molar refractivity (Wildman–Crippen MR) is 72.3 cm³/mol. The van der Waals surface area contributed by atoms with Crippen molar-refractivity contribution in [2.75, 3.05) is 52.6 Å². The van der Waals surface area contributed by atoms with Gasteiger partial charge in [0.15, 0.2) is 0 Å². The van der Waals surface area contributed by atoms with E-state index in [1.54, 1.807) is 0 Å². The van der Waals surface area contributed by atoms with Crippen molar-refractivity contribution in [3.8, 4) is 0 Å². The third-order valence-corrected chi connectivity index (χ3v) is 3.24. The van der Waals surface area contributed by atoms with Gasteiger partial charge in [-0.2, -0.15) is 0 Å². The third kappa shape index (κ3) is 3.75. The van der Waals surface area contributed by atoms with Gasteiger partial charge in [-0.25, -0.2) is 0 Å². The minimum Gasteiger partial charge on any atom is -0.378 e. The van der Waals surface area contributed by atoms with Gasteiger partial charge in [-0.3, -0.25) is 0 Å². The zero-order valence-electron chi connectivity index (χ0n) is 11.5. The molecule has 102 valence electrons. The largest absolute Gasteiger partial charge is 0.378 e. The van der Waals surface area contributed by atoms with Crippen molar-refractivity contribution in [1.82, 2.24) is 9.80 Å². The molecule has 0 aliphatic carbocycles. The van der Waals surface area contributed by atoms with E-state index >= 15 is 0 Å². The molecular formula is C14H24N2O2. The Kier molecular flexibility index (Phi) is 5.08. The average Bonchev–Trinajstić information content (AvgIpc) is 2.41. The molecular weight excluding hydrogens is 228 g/mol. The van der Waals surface area contributed by atoms with E-state index in [4.69, 9.17) is 9.47 Å². The van der Waals surface area contributed by atoms with Gasteiger partial charge >= 0.3 is 0 Å². The fourth-order valence-electron chi connectivity index (χ4n) is 2.24. The van der Waals surface area contributed by atoms with E-state index in [9.17, 15) is 0 Å². The van der Waals surface area contributed by atoms with Gasteiger partial charge in [-0.15, -0.1) is 0 Å². The summed E-state index contributed by atoms with van der Waals surface area (Å²) >= 11 is 0. The lowest BCUT2D eigenvalue weighted by Gasteiger charge is -2.39. The second-order valence-corrected chi connectivity index (χ2v) is 4.97. The maximum Gasteiger partial charge on any atom is 0.104 e. The molecule has 2 saturated heterocycles. The van der Waals surface area contributed by atoms with E-state index in [-0.39, 0.29) is 0 Å². The maximum atomic E-state index is 5.44. The smallest absolute Gasteiger partial charge is 0.104 e. The number of morpholine rings is 2. The molecule has 0 radical (unpaired) electrons. The van der Waals surface area contributed by atoms with Crippen LogP contribution in [0.25, 0.3) is 0 Å². The van der Waals surface area contributed by atoms with Crippen molar-refractivity contribution in [2.45, 2.75) is 13.8 Å². The molecule has 0 N–H and O–H groups in total. The molecule has 2 aliphatic heterocycles. The summed E-state index contributed by atoms with van der Waals surface area (Å²) in [5.41, 5.74) is 1.33. The first-order valence-electron chi connectivity index (χ1n) is 6.78. The molecule has 2 aliphatic rings. The van der Waals surface area contributed by atoms with E-state index in [0.29, 0.717) is 0 Å². The summed E-state index contributed by atoms with van der Waals surface area (Å²) in [5, 5.41) is 0. The first kappa shape index (κ1) is 13.4. The van der Waals surface area contributed by atoms with Crippen LogP contribution in [0.1, 0.15) is 13.8 Å². The highest BCUT2D eigenvalue weighted by Gasteiger charge is 2.20. The molecule has 4 nitrogen and oxygen atoms in total. The van der Waals surface area contributed by atoms with Crippen molar-refractivity contribution in [3.63, 3.8) is 0 Å². The zero-order valence-corrected chi connectivity index (χ0v) is 11.5. The van der Waals surface area contributed by atoms with Crippen molar-refractivity contribution >= 4 is 0 Å². The number of ether oxygens (including phenoxy) is 2. The Morgan fingerprint density at radius 1 is 0.778 bits per heavy atom. The fraction of sp³-hybridized carbons (Fsp3) is 0.714. The van der Waals surface area contributed by atoms with Crippen LogP contribution in [0.2, 0.25) is 0 Å². The van der Waals surface area contributed by atoms with Crippen LogP contribution in [0.4, 0.5) is 0 Å². The predicted octanol–water partition coefficient (Wildman–Crippen LogP) is 1.46. The Morgan fingerprint density at radius 3 is 1.61 bits per heavy atom. The van der Waals surface area contributed by atoms with Crippen LogP contribution >= 0.6 is 0 Å². The van der Waals surface area contributed by atoms with Crippen molar-refractivity contribution in [2.24, 2.45) is 0 Å². The Hall–Kier alpha value is -1.00. The first-order valence-corrected chi connectivity index (χ1v) is 6.78. The lowest BCUT2D eigenvalue weighted by atomic mass is 10.3. The van der Waals surface area contributed by atoms with Crippen LogP contribution in [0.5, 0.6) is 0 Å². The van der Waals surface area contributed by atoms with Crippen molar-refractivity contribution < 1.29 is 9.47 Å². The molecule has 0 aromatic carbocycles. The normalized spacial score (nSPS) is 20.6. The molecule has 0 unspecified atom stereocenters. The average molecular weight is 252 g/mol. The molecule has 0 spiro atoms. The Labute approximate surface area is 110 Å².